The molecule has 1 atom stereocenters. The quantitative estimate of drug-likeness (QED) is 0.833. The number of aliphatic carboxylic acids is 1. The zero-order valence-corrected chi connectivity index (χ0v) is 11.7. The van der Waals surface area contributed by atoms with E-state index in [9.17, 15) is 9.59 Å². The van der Waals surface area contributed by atoms with Crippen LogP contribution in [0.15, 0.2) is 18.2 Å². The van der Waals surface area contributed by atoms with Gasteiger partial charge in [0.25, 0.3) is 5.91 Å². The smallest absolute Gasteiger partial charge is 0.326 e. The van der Waals surface area contributed by atoms with Gasteiger partial charge in [0, 0.05) is 5.56 Å². The average molecular weight is 277 g/mol. The van der Waals surface area contributed by atoms with Crippen LogP contribution in [0.5, 0.6) is 5.75 Å². The lowest BCUT2D eigenvalue weighted by atomic mass is 10.1. The monoisotopic (exact) mass is 277 g/mol. The van der Waals surface area contributed by atoms with E-state index in [0.717, 1.165) is 18.4 Å². The molecule has 1 aliphatic rings. The second-order valence-corrected chi connectivity index (χ2v) is 5.22. The minimum atomic E-state index is -0.976. The van der Waals surface area contributed by atoms with Gasteiger partial charge in [0.1, 0.15) is 11.8 Å². The lowest BCUT2D eigenvalue weighted by Gasteiger charge is -2.15. The van der Waals surface area contributed by atoms with Gasteiger partial charge >= 0.3 is 5.97 Å². The Morgan fingerprint density at radius 1 is 1.45 bits per heavy atom. The number of carboxylic acids is 1. The van der Waals surface area contributed by atoms with Gasteiger partial charge in [-0.1, -0.05) is 12.8 Å². The van der Waals surface area contributed by atoms with Gasteiger partial charge in [-0.25, -0.2) is 4.79 Å². The minimum Gasteiger partial charge on any atom is -0.497 e. The van der Waals surface area contributed by atoms with Crippen molar-refractivity contribution in [1.29, 1.82) is 0 Å². The van der Waals surface area contributed by atoms with E-state index >= 15 is 0 Å². The van der Waals surface area contributed by atoms with Crippen molar-refractivity contribution in [2.24, 2.45) is 5.92 Å². The summed E-state index contributed by atoms with van der Waals surface area (Å²) < 4.78 is 5.08. The molecule has 20 heavy (non-hydrogen) atoms. The molecule has 5 nitrogen and oxygen atoms in total. The van der Waals surface area contributed by atoms with E-state index in [1.807, 2.05) is 0 Å². The van der Waals surface area contributed by atoms with Gasteiger partial charge in [0.2, 0.25) is 0 Å². The molecule has 0 aliphatic heterocycles. The van der Waals surface area contributed by atoms with Crippen LogP contribution in [0.2, 0.25) is 0 Å². The minimum absolute atomic E-state index is 0.349. The van der Waals surface area contributed by atoms with Crippen LogP contribution in [0.1, 0.15) is 35.2 Å². The Morgan fingerprint density at radius 3 is 2.65 bits per heavy atom. The van der Waals surface area contributed by atoms with Crippen LogP contribution in [0.4, 0.5) is 0 Å². The summed E-state index contributed by atoms with van der Waals surface area (Å²) in [6, 6.07) is 4.29. The Hall–Kier alpha value is -2.04. The van der Waals surface area contributed by atoms with E-state index in [1.54, 1.807) is 32.2 Å². The number of benzene rings is 1. The van der Waals surface area contributed by atoms with E-state index in [-0.39, 0.29) is 5.91 Å². The molecule has 5 heteroatoms. The molecule has 0 radical (unpaired) electrons. The third-order valence-electron chi connectivity index (χ3n) is 3.55. The highest BCUT2D eigenvalue weighted by atomic mass is 16.5. The van der Waals surface area contributed by atoms with Crippen molar-refractivity contribution in [1.82, 2.24) is 5.32 Å². The second-order valence-electron chi connectivity index (χ2n) is 5.22. The Balaban J connectivity index is 2.07. The molecule has 0 saturated heterocycles. The number of amides is 1. The van der Waals surface area contributed by atoms with Crippen molar-refractivity contribution in [2.75, 3.05) is 7.11 Å². The molecule has 108 valence electrons. The van der Waals surface area contributed by atoms with E-state index in [0.29, 0.717) is 23.7 Å². The third kappa shape index (κ3) is 3.50. The highest BCUT2D eigenvalue weighted by molar-refractivity contribution is 5.97. The summed E-state index contributed by atoms with van der Waals surface area (Å²) in [5.74, 6) is -0.213. The largest absolute Gasteiger partial charge is 0.497 e. The molecule has 0 spiro atoms. The summed E-state index contributed by atoms with van der Waals surface area (Å²) in [5, 5.41) is 11.8. The van der Waals surface area contributed by atoms with Crippen LogP contribution >= 0.6 is 0 Å². The number of nitrogens with one attached hydrogen (secondary N) is 1. The lowest BCUT2D eigenvalue weighted by Crippen LogP contribution is -2.41. The maximum atomic E-state index is 12.2. The first-order valence-corrected chi connectivity index (χ1v) is 6.69. The van der Waals surface area contributed by atoms with Crippen molar-refractivity contribution in [3.05, 3.63) is 29.3 Å². The predicted octanol–water partition coefficient (Wildman–Crippen LogP) is 1.99. The highest BCUT2D eigenvalue weighted by Crippen LogP contribution is 2.33. The summed E-state index contributed by atoms with van der Waals surface area (Å²) in [7, 11) is 1.56. The molecule has 0 bridgehead atoms. The number of methoxy groups -OCH3 is 1. The molecular weight excluding hydrogens is 258 g/mol. The Morgan fingerprint density at radius 2 is 2.15 bits per heavy atom. The van der Waals surface area contributed by atoms with E-state index in [1.165, 1.54) is 0 Å². The number of ether oxygens (including phenoxy) is 1. The fourth-order valence-corrected chi connectivity index (χ4v) is 2.16. The summed E-state index contributed by atoms with van der Waals surface area (Å²) in [6.07, 6.45) is 2.62. The highest BCUT2D eigenvalue weighted by Gasteiger charge is 2.30. The van der Waals surface area contributed by atoms with Gasteiger partial charge in [0.05, 0.1) is 7.11 Å². The van der Waals surface area contributed by atoms with Gasteiger partial charge < -0.3 is 15.2 Å². The van der Waals surface area contributed by atoms with Crippen LogP contribution in [0.3, 0.4) is 0 Å². The van der Waals surface area contributed by atoms with Crippen molar-refractivity contribution in [2.45, 2.75) is 32.2 Å². The Labute approximate surface area is 117 Å². The first kappa shape index (κ1) is 14.4. The normalized spacial score (nSPS) is 15.5. The number of carbonyl (C=O) groups excluding carboxylic acids is 1. The third-order valence-corrected chi connectivity index (χ3v) is 3.55. The second kappa shape index (κ2) is 5.94. The van der Waals surface area contributed by atoms with E-state index in [2.05, 4.69) is 5.32 Å². The molecule has 1 aliphatic carbocycles. The summed E-state index contributed by atoms with van der Waals surface area (Å²) in [6.45, 7) is 1.80. The Kier molecular flexibility index (Phi) is 4.27. The summed E-state index contributed by atoms with van der Waals surface area (Å²) in [4.78, 5) is 23.3. The topological polar surface area (TPSA) is 75.6 Å². The SMILES string of the molecule is COc1ccc(C(=O)NC(CC2CC2)C(=O)O)c(C)c1. The van der Waals surface area contributed by atoms with Crippen LogP contribution in [-0.4, -0.2) is 30.1 Å². The molecule has 1 aromatic carbocycles. The van der Waals surface area contributed by atoms with Crippen molar-refractivity contribution < 1.29 is 19.4 Å². The average Bonchev–Trinajstić information content (AvgIpc) is 3.21. The van der Waals surface area contributed by atoms with E-state index in [4.69, 9.17) is 9.84 Å². The van der Waals surface area contributed by atoms with Gasteiger partial charge in [-0.05, 0) is 43.0 Å². The predicted molar refractivity (Wildman–Crippen MR) is 74.0 cm³/mol. The van der Waals surface area contributed by atoms with Crippen molar-refractivity contribution in [3.63, 3.8) is 0 Å². The number of aryl methyl sites for hydroxylation is 1. The summed E-state index contributed by atoms with van der Waals surface area (Å²) in [5.41, 5.74) is 1.24. The molecule has 1 saturated carbocycles. The summed E-state index contributed by atoms with van der Waals surface area (Å²) >= 11 is 0. The van der Waals surface area contributed by atoms with E-state index < -0.39 is 12.0 Å². The lowest BCUT2D eigenvalue weighted by molar-refractivity contribution is -0.139. The molecular formula is C15H19NO4. The first-order chi connectivity index (χ1) is 9.51. The standard InChI is InChI=1S/C15H19NO4/c1-9-7-11(20-2)5-6-12(9)14(17)16-13(15(18)19)8-10-3-4-10/h5-7,10,13H,3-4,8H2,1-2H3,(H,16,17)(H,18,19). The van der Waals surface area contributed by atoms with Crippen LogP contribution in [0, 0.1) is 12.8 Å². The molecule has 0 aromatic heterocycles. The fraction of sp³-hybridized carbons (Fsp3) is 0.467. The number of hydrogen-bond acceptors (Lipinski definition) is 3. The zero-order valence-electron chi connectivity index (χ0n) is 11.7. The molecule has 1 fully saturated rings. The Bertz CT molecular complexity index is 523. The zero-order chi connectivity index (χ0) is 14.7. The molecule has 1 amide bonds. The number of carboxylic acid groups (broad SMARTS) is 1. The molecule has 1 aromatic rings. The molecule has 1 unspecified atom stereocenters. The van der Waals surface area contributed by atoms with Gasteiger partial charge in [-0.2, -0.15) is 0 Å². The van der Waals surface area contributed by atoms with Crippen LogP contribution in [-0.2, 0) is 4.79 Å². The van der Waals surface area contributed by atoms with Crippen molar-refractivity contribution >= 4 is 11.9 Å². The fourth-order valence-electron chi connectivity index (χ4n) is 2.16. The van der Waals surface area contributed by atoms with Crippen LogP contribution < -0.4 is 10.1 Å². The molecule has 2 rings (SSSR count). The van der Waals surface area contributed by atoms with Crippen molar-refractivity contribution in [3.8, 4) is 5.75 Å². The van der Waals surface area contributed by atoms with Gasteiger partial charge in [0.15, 0.2) is 0 Å². The van der Waals surface area contributed by atoms with Gasteiger partial charge in [-0.3, -0.25) is 4.79 Å². The number of rotatable bonds is 6. The maximum Gasteiger partial charge on any atom is 0.326 e. The van der Waals surface area contributed by atoms with Gasteiger partial charge in [-0.15, -0.1) is 0 Å². The van der Waals surface area contributed by atoms with Crippen LogP contribution in [0.25, 0.3) is 0 Å². The molecule has 0 heterocycles. The maximum absolute atomic E-state index is 12.2. The number of hydrogen-bond donors (Lipinski definition) is 2. The molecule has 2 N–H and O–H groups in total. The number of carbonyl (C=O) groups is 2. The first-order valence-electron chi connectivity index (χ1n) is 6.69.